The van der Waals surface area contributed by atoms with Gasteiger partial charge in [0.25, 0.3) is 5.91 Å². The summed E-state index contributed by atoms with van der Waals surface area (Å²) in [5, 5.41) is 7.19. The van der Waals surface area contributed by atoms with E-state index in [4.69, 9.17) is 16.3 Å². The summed E-state index contributed by atoms with van der Waals surface area (Å²) in [7, 11) is 6.67. The first-order chi connectivity index (χ1) is 10.9. The summed E-state index contributed by atoms with van der Waals surface area (Å²) in [6.45, 7) is 0. The molecular weight excluding hydrogens is 320 g/mol. The number of aryl methyl sites for hydroxylation is 1. The highest BCUT2D eigenvalue weighted by atomic mass is 35.5. The first-order valence-electron chi connectivity index (χ1n) is 6.76. The molecule has 0 atom stereocenters. The fourth-order valence-electron chi connectivity index (χ4n) is 2.25. The van der Waals surface area contributed by atoms with Gasteiger partial charge < -0.3 is 14.2 Å². The number of rotatable bonds is 3. The highest BCUT2D eigenvalue weighted by Gasteiger charge is 2.18. The molecule has 1 N–H and O–H groups in total. The molecule has 23 heavy (non-hydrogen) atoms. The van der Waals surface area contributed by atoms with E-state index in [1.165, 1.54) is 12.0 Å². The van der Waals surface area contributed by atoms with Crippen molar-refractivity contribution in [3.63, 3.8) is 0 Å². The Morgan fingerprint density at radius 3 is 2.74 bits per heavy atom. The molecule has 120 valence electrons. The van der Waals surface area contributed by atoms with Gasteiger partial charge in [0.15, 0.2) is 5.82 Å². The molecule has 0 fully saturated rings. The number of hydrogen-bond acceptors (Lipinski definition) is 5. The molecule has 3 aromatic heterocycles. The molecule has 0 saturated heterocycles. The van der Waals surface area contributed by atoms with Gasteiger partial charge in [-0.25, -0.2) is 9.97 Å². The molecule has 0 unspecified atom stereocenters. The fourth-order valence-corrected chi connectivity index (χ4v) is 2.47. The number of methoxy groups -OCH3 is 1. The molecule has 0 bridgehead atoms. The lowest BCUT2D eigenvalue weighted by Gasteiger charge is -2.05. The SMILES string of the molecule is COc1nc2cc(-c3n[nH]c(C(=O)N(C)C)n3)n(C)c2cc1Cl. The maximum absolute atomic E-state index is 11.9. The van der Waals surface area contributed by atoms with E-state index in [9.17, 15) is 4.79 Å². The standard InChI is InChI=1S/C14H15ClN6O2/c1-20(2)14(22)12-17-11(18-19-12)10-6-8-9(21(10)3)5-7(15)13(16-8)23-4/h5-6H,1-4H3,(H,17,18,19). The zero-order chi connectivity index (χ0) is 16.7. The molecule has 0 aromatic carbocycles. The zero-order valence-electron chi connectivity index (χ0n) is 13.1. The first-order valence-corrected chi connectivity index (χ1v) is 7.14. The van der Waals surface area contributed by atoms with Gasteiger partial charge in [0.1, 0.15) is 5.02 Å². The van der Waals surface area contributed by atoms with Crippen LogP contribution in [0.2, 0.25) is 5.02 Å². The topological polar surface area (TPSA) is 88.9 Å². The predicted molar refractivity (Wildman–Crippen MR) is 85.7 cm³/mol. The van der Waals surface area contributed by atoms with Crippen LogP contribution in [0.25, 0.3) is 22.6 Å². The van der Waals surface area contributed by atoms with Gasteiger partial charge in [-0.2, -0.15) is 5.10 Å². The van der Waals surface area contributed by atoms with Crippen molar-refractivity contribution in [3.8, 4) is 17.4 Å². The number of carbonyl (C=O) groups is 1. The summed E-state index contributed by atoms with van der Waals surface area (Å²) in [6.07, 6.45) is 0. The van der Waals surface area contributed by atoms with Crippen molar-refractivity contribution in [3.05, 3.63) is 23.0 Å². The second kappa shape index (κ2) is 5.54. The summed E-state index contributed by atoms with van der Waals surface area (Å²) in [5.41, 5.74) is 2.23. The Morgan fingerprint density at radius 2 is 2.09 bits per heavy atom. The fraction of sp³-hybridized carbons (Fsp3) is 0.286. The Labute approximate surface area is 137 Å². The number of hydrogen-bond donors (Lipinski definition) is 1. The van der Waals surface area contributed by atoms with E-state index in [2.05, 4.69) is 20.2 Å². The van der Waals surface area contributed by atoms with Gasteiger partial charge in [0, 0.05) is 21.1 Å². The van der Waals surface area contributed by atoms with Crippen LogP contribution in [0.1, 0.15) is 10.6 Å². The van der Waals surface area contributed by atoms with Crippen molar-refractivity contribution in [2.45, 2.75) is 0 Å². The van der Waals surface area contributed by atoms with E-state index in [0.29, 0.717) is 27.9 Å². The Balaban J connectivity index is 2.10. The normalized spacial score (nSPS) is 11.0. The molecule has 0 aliphatic carbocycles. The first kappa shape index (κ1) is 15.3. The highest BCUT2D eigenvalue weighted by Crippen LogP contribution is 2.30. The summed E-state index contributed by atoms with van der Waals surface area (Å²) < 4.78 is 6.99. The van der Waals surface area contributed by atoms with Crippen LogP contribution in [0.3, 0.4) is 0 Å². The van der Waals surface area contributed by atoms with Crippen molar-refractivity contribution in [1.82, 2.24) is 29.6 Å². The monoisotopic (exact) mass is 334 g/mol. The van der Waals surface area contributed by atoms with E-state index in [-0.39, 0.29) is 11.7 Å². The number of aromatic amines is 1. The van der Waals surface area contributed by atoms with Gasteiger partial charge in [-0.3, -0.25) is 9.89 Å². The summed E-state index contributed by atoms with van der Waals surface area (Å²) >= 11 is 6.12. The number of fused-ring (bicyclic) bond motifs is 1. The third-order valence-corrected chi connectivity index (χ3v) is 3.74. The lowest BCUT2D eigenvalue weighted by atomic mass is 10.3. The largest absolute Gasteiger partial charge is 0.480 e. The van der Waals surface area contributed by atoms with Crippen LogP contribution in [-0.2, 0) is 7.05 Å². The molecular formula is C14H15ClN6O2. The van der Waals surface area contributed by atoms with Crippen LogP contribution >= 0.6 is 11.6 Å². The second-order valence-corrected chi connectivity index (χ2v) is 5.59. The van der Waals surface area contributed by atoms with E-state index in [0.717, 1.165) is 5.52 Å². The molecule has 3 heterocycles. The number of nitrogens with one attached hydrogen (secondary N) is 1. The Morgan fingerprint density at radius 1 is 1.35 bits per heavy atom. The number of aromatic nitrogens is 5. The maximum Gasteiger partial charge on any atom is 0.290 e. The summed E-state index contributed by atoms with van der Waals surface area (Å²) in [4.78, 5) is 21.9. The van der Waals surface area contributed by atoms with Crippen LogP contribution in [0, 0.1) is 0 Å². The van der Waals surface area contributed by atoms with Crippen LogP contribution in [0.5, 0.6) is 5.88 Å². The van der Waals surface area contributed by atoms with Gasteiger partial charge in [-0.15, -0.1) is 0 Å². The molecule has 0 aliphatic rings. The molecule has 0 aliphatic heterocycles. The van der Waals surface area contributed by atoms with Crippen LogP contribution < -0.4 is 4.74 Å². The average molecular weight is 335 g/mol. The molecule has 0 radical (unpaired) electrons. The molecule has 1 amide bonds. The minimum atomic E-state index is -0.245. The van der Waals surface area contributed by atoms with Crippen molar-refractivity contribution in [2.75, 3.05) is 21.2 Å². The van der Waals surface area contributed by atoms with Crippen molar-refractivity contribution < 1.29 is 9.53 Å². The molecule has 8 nitrogen and oxygen atoms in total. The molecule has 3 aromatic rings. The lowest BCUT2D eigenvalue weighted by Crippen LogP contribution is -2.22. The van der Waals surface area contributed by atoms with E-state index in [1.54, 1.807) is 20.2 Å². The Hall–Kier alpha value is -2.61. The molecule has 9 heteroatoms. The van der Waals surface area contributed by atoms with Gasteiger partial charge in [-0.05, 0) is 12.1 Å². The van der Waals surface area contributed by atoms with Crippen LogP contribution in [-0.4, -0.2) is 56.7 Å². The average Bonchev–Trinajstić information content (AvgIpc) is 3.11. The number of amides is 1. The molecule has 3 rings (SSSR count). The smallest absolute Gasteiger partial charge is 0.290 e. The minimum absolute atomic E-state index is 0.179. The van der Waals surface area contributed by atoms with Crippen LogP contribution in [0.4, 0.5) is 0 Å². The van der Waals surface area contributed by atoms with Gasteiger partial charge in [0.2, 0.25) is 11.7 Å². The number of ether oxygens (including phenoxy) is 1. The number of halogens is 1. The lowest BCUT2D eigenvalue weighted by molar-refractivity contribution is 0.0816. The van der Waals surface area contributed by atoms with E-state index < -0.39 is 0 Å². The van der Waals surface area contributed by atoms with Crippen LogP contribution in [0.15, 0.2) is 12.1 Å². The highest BCUT2D eigenvalue weighted by molar-refractivity contribution is 6.32. The number of H-pyrrole nitrogens is 1. The quantitative estimate of drug-likeness (QED) is 0.787. The third-order valence-electron chi connectivity index (χ3n) is 3.46. The zero-order valence-corrected chi connectivity index (χ0v) is 13.8. The molecule has 0 saturated carbocycles. The summed E-state index contributed by atoms with van der Waals surface area (Å²) in [5.74, 6) is 0.699. The van der Waals surface area contributed by atoms with Gasteiger partial charge >= 0.3 is 0 Å². The third kappa shape index (κ3) is 2.50. The van der Waals surface area contributed by atoms with Crippen molar-refractivity contribution in [1.29, 1.82) is 0 Å². The molecule has 0 spiro atoms. The number of carbonyl (C=O) groups excluding carboxylic acids is 1. The second-order valence-electron chi connectivity index (χ2n) is 5.18. The van der Waals surface area contributed by atoms with Crippen molar-refractivity contribution in [2.24, 2.45) is 7.05 Å². The number of nitrogens with zero attached hydrogens (tertiary/aromatic N) is 5. The summed E-state index contributed by atoms with van der Waals surface area (Å²) in [6, 6.07) is 3.59. The van der Waals surface area contributed by atoms with E-state index >= 15 is 0 Å². The Kier molecular flexibility index (Phi) is 3.69. The Bertz CT molecular complexity index is 898. The van der Waals surface area contributed by atoms with Gasteiger partial charge in [0.05, 0.1) is 23.8 Å². The minimum Gasteiger partial charge on any atom is -0.480 e. The van der Waals surface area contributed by atoms with Gasteiger partial charge in [-0.1, -0.05) is 11.6 Å². The number of pyridine rings is 1. The van der Waals surface area contributed by atoms with Crippen molar-refractivity contribution >= 4 is 28.5 Å². The van der Waals surface area contributed by atoms with E-state index in [1.807, 2.05) is 17.7 Å². The predicted octanol–water partition coefficient (Wildman–Crippen LogP) is 1.72. The maximum atomic E-state index is 11.9.